The molecule has 0 aromatic carbocycles. The largest absolute Gasteiger partial charge is 0.313 e. The van der Waals surface area contributed by atoms with Crippen molar-refractivity contribution in [2.75, 3.05) is 6.54 Å². The molecular formula is C14H27N3. The van der Waals surface area contributed by atoms with Gasteiger partial charge in [0.2, 0.25) is 0 Å². The van der Waals surface area contributed by atoms with Crippen molar-refractivity contribution in [3.05, 3.63) is 18.0 Å². The third-order valence-electron chi connectivity index (χ3n) is 2.93. The molecule has 1 aromatic rings. The van der Waals surface area contributed by atoms with Crippen LogP contribution in [0.2, 0.25) is 0 Å². The molecule has 0 radical (unpaired) electrons. The average molecular weight is 237 g/mol. The molecule has 0 spiro atoms. The summed E-state index contributed by atoms with van der Waals surface area (Å²) in [6.45, 7) is 7.54. The second kappa shape index (κ2) is 9.23. The molecule has 1 rings (SSSR count). The molecule has 3 heteroatoms. The van der Waals surface area contributed by atoms with Gasteiger partial charge in [0.25, 0.3) is 0 Å². The predicted octanol–water partition coefficient (Wildman–Crippen LogP) is 3.35. The number of nitrogens with zero attached hydrogens (tertiary/aromatic N) is 2. The lowest BCUT2D eigenvalue weighted by Gasteiger charge is -2.02. The maximum absolute atomic E-state index is 4.32. The van der Waals surface area contributed by atoms with Crippen molar-refractivity contribution < 1.29 is 0 Å². The lowest BCUT2D eigenvalue weighted by atomic mass is 10.1. The molecule has 0 fully saturated rings. The second-order valence-corrected chi connectivity index (χ2v) is 4.70. The van der Waals surface area contributed by atoms with E-state index in [-0.39, 0.29) is 0 Å². The highest BCUT2D eigenvalue weighted by Crippen LogP contribution is 2.02. The third-order valence-corrected chi connectivity index (χ3v) is 2.93. The molecule has 0 aliphatic heterocycles. The Bertz CT molecular complexity index is 281. The van der Waals surface area contributed by atoms with Crippen LogP contribution in [-0.2, 0) is 13.1 Å². The molecule has 0 bridgehead atoms. The zero-order chi connectivity index (χ0) is 12.3. The number of hydrogen-bond acceptors (Lipinski definition) is 2. The van der Waals surface area contributed by atoms with Gasteiger partial charge in [-0.05, 0) is 19.4 Å². The first-order chi connectivity index (χ1) is 8.36. The smallest absolute Gasteiger partial charge is 0.0534 e. The van der Waals surface area contributed by atoms with Crippen LogP contribution in [0.1, 0.15) is 57.9 Å². The van der Waals surface area contributed by atoms with Crippen molar-refractivity contribution in [1.29, 1.82) is 0 Å². The van der Waals surface area contributed by atoms with Crippen LogP contribution in [0.25, 0.3) is 0 Å². The lowest BCUT2D eigenvalue weighted by molar-refractivity contribution is 0.581. The molecule has 1 heterocycles. The third kappa shape index (κ3) is 6.47. The van der Waals surface area contributed by atoms with Crippen LogP contribution in [-0.4, -0.2) is 16.3 Å². The number of rotatable bonds is 10. The summed E-state index contributed by atoms with van der Waals surface area (Å²) in [4.78, 5) is 0. The first kappa shape index (κ1) is 14.2. The molecule has 0 aliphatic carbocycles. The van der Waals surface area contributed by atoms with E-state index in [9.17, 15) is 0 Å². The van der Waals surface area contributed by atoms with Crippen molar-refractivity contribution in [2.24, 2.45) is 0 Å². The van der Waals surface area contributed by atoms with Crippen molar-refractivity contribution in [3.8, 4) is 0 Å². The van der Waals surface area contributed by atoms with Crippen LogP contribution < -0.4 is 5.32 Å². The van der Waals surface area contributed by atoms with Gasteiger partial charge >= 0.3 is 0 Å². The van der Waals surface area contributed by atoms with Crippen LogP contribution in [0.15, 0.2) is 12.4 Å². The topological polar surface area (TPSA) is 29.9 Å². The lowest BCUT2D eigenvalue weighted by Crippen LogP contribution is -2.14. The Morgan fingerprint density at radius 3 is 2.71 bits per heavy atom. The summed E-state index contributed by atoms with van der Waals surface area (Å²) in [5.41, 5.74) is 1.30. The first-order valence-electron chi connectivity index (χ1n) is 7.08. The molecule has 0 aliphatic rings. The maximum Gasteiger partial charge on any atom is 0.0534 e. The van der Waals surface area contributed by atoms with Gasteiger partial charge in [0, 0.05) is 24.8 Å². The minimum Gasteiger partial charge on any atom is -0.313 e. The standard InChI is InChI=1S/C14H27N3/c1-3-5-6-7-8-9-15-11-14-12-16-17(13-14)10-4-2/h12-13,15H,3-11H2,1-2H3. The van der Waals surface area contributed by atoms with E-state index in [1.807, 2.05) is 10.9 Å². The minimum absolute atomic E-state index is 0.956. The Morgan fingerprint density at radius 2 is 1.94 bits per heavy atom. The van der Waals surface area contributed by atoms with E-state index in [4.69, 9.17) is 0 Å². The van der Waals surface area contributed by atoms with E-state index in [1.54, 1.807) is 0 Å². The zero-order valence-electron chi connectivity index (χ0n) is 11.4. The van der Waals surface area contributed by atoms with Crippen molar-refractivity contribution in [1.82, 2.24) is 15.1 Å². The van der Waals surface area contributed by atoms with Crippen molar-refractivity contribution in [2.45, 2.75) is 65.5 Å². The average Bonchev–Trinajstić information content (AvgIpc) is 2.76. The highest BCUT2D eigenvalue weighted by molar-refractivity contribution is 5.03. The fourth-order valence-electron chi connectivity index (χ4n) is 1.94. The Kier molecular flexibility index (Phi) is 7.72. The molecule has 98 valence electrons. The molecule has 17 heavy (non-hydrogen) atoms. The molecule has 1 N–H and O–H groups in total. The summed E-state index contributed by atoms with van der Waals surface area (Å²) in [7, 11) is 0. The Morgan fingerprint density at radius 1 is 1.12 bits per heavy atom. The van der Waals surface area contributed by atoms with Gasteiger partial charge in [-0.25, -0.2) is 0 Å². The van der Waals surface area contributed by atoms with E-state index >= 15 is 0 Å². The fourth-order valence-corrected chi connectivity index (χ4v) is 1.94. The molecule has 0 unspecified atom stereocenters. The highest BCUT2D eigenvalue weighted by atomic mass is 15.3. The summed E-state index contributed by atoms with van der Waals surface area (Å²) in [6, 6.07) is 0. The van der Waals surface area contributed by atoms with E-state index in [0.717, 1.165) is 26.1 Å². The van der Waals surface area contributed by atoms with Gasteiger partial charge in [-0.1, -0.05) is 39.5 Å². The predicted molar refractivity (Wildman–Crippen MR) is 73.0 cm³/mol. The van der Waals surface area contributed by atoms with Gasteiger partial charge in [0.15, 0.2) is 0 Å². The van der Waals surface area contributed by atoms with Crippen molar-refractivity contribution >= 4 is 0 Å². The van der Waals surface area contributed by atoms with Gasteiger partial charge in [0.05, 0.1) is 6.20 Å². The number of nitrogens with one attached hydrogen (secondary N) is 1. The van der Waals surface area contributed by atoms with Crippen molar-refractivity contribution in [3.63, 3.8) is 0 Å². The van der Waals surface area contributed by atoms with Gasteiger partial charge < -0.3 is 5.32 Å². The normalized spacial score (nSPS) is 10.9. The molecule has 0 atom stereocenters. The van der Waals surface area contributed by atoms with Crippen LogP contribution in [0.3, 0.4) is 0 Å². The summed E-state index contributed by atoms with van der Waals surface area (Å²) in [6.07, 6.45) is 12.0. The Balaban J connectivity index is 2.01. The molecule has 0 amide bonds. The molecular weight excluding hydrogens is 210 g/mol. The number of unbranched alkanes of at least 4 members (excludes halogenated alkanes) is 4. The van der Waals surface area contributed by atoms with Gasteiger partial charge in [0.1, 0.15) is 0 Å². The number of aromatic nitrogens is 2. The SMILES string of the molecule is CCCCCCCNCc1cnn(CCC)c1. The molecule has 0 saturated heterocycles. The van der Waals surface area contributed by atoms with Crippen LogP contribution in [0.5, 0.6) is 0 Å². The molecule has 0 saturated carbocycles. The molecule has 3 nitrogen and oxygen atoms in total. The quantitative estimate of drug-likeness (QED) is 0.632. The molecule has 1 aromatic heterocycles. The monoisotopic (exact) mass is 237 g/mol. The summed E-state index contributed by atoms with van der Waals surface area (Å²) in [5.74, 6) is 0. The fraction of sp³-hybridized carbons (Fsp3) is 0.786. The number of aryl methyl sites for hydroxylation is 1. The Hall–Kier alpha value is -0.830. The minimum atomic E-state index is 0.956. The van der Waals surface area contributed by atoms with Gasteiger partial charge in [-0.15, -0.1) is 0 Å². The van der Waals surface area contributed by atoms with Crippen LogP contribution in [0, 0.1) is 0 Å². The summed E-state index contributed by atoms with van der Waals surface area (Å²) < 4.78 is 2.03. The summed E-state index contributed by atoms with van der Waals surface area (Å²) >= 11 is 0. The second-order valence-electron chi connectivity index (χ2n) is 4.70. The Labute approximate surface area is 106 Å². The van der Waals surface area contributed by atoms with Crippen LogP contribution >= 0.6 is 0 Å². The van der Waals surface area contributed by atoms with E-state index < -0.39 is 0 Å². The first-order valence-corrected chi connectivity index (χ1v) is 7.08. The maximum atomic E-state index is 4.32. The van der Waals surface area contributed by atoms with E-state index in [0.29, 0.717) is 0 Å². The highest BCUT2D eigenvalue weighted by Gasteiger charge is 1.97. The van der Waals surface area contributed by atoms with Gasteiger partial charge in [-0.3, -0.25) is 4.68 Å². The zero-order valence-corrected chi connectivity index (χ0v) is 11.4. The summed E-state index contributed by atoms with van der Waals surface area (Å²) in [5, 5.41) is 7.80. The number of hydrogen-bond donors (Lipinski definition) is 1. The van der Waals surface area contributed by atoms with Gasteiger partial charge in [-0.2, -0.15) is 5.10 Å². The van der Waals surface area contributed by atoms with E-state index in [1.165, 1.54) is 37.7 Å². The van der Waals surface area contributed by atoms with Crippen LogP contribution in [0.4, 0.5) is 0 Å². The van der Waals surface area contributed by atoms with E-state index in [2.05, 4.69) is 30.5 Å².